The molecule has 0 aromatic heterocycles. The maximum absolute atomic E-state index is 12.8. The van der Waals surface area contributed by atoms with Crippen molar-refractivity contribution in [3.63, 3.8) is 0 Å². The van der Waals surface area contributed by atoms with Crippen LogP contribution in [0, 0.1) is 5.92 Å². The molecule has 0 unspecified atom stereocenters. The molecular weight excluding hydrogens is 417 g/mol. The fourth-order valence-electron chi connectivity index (χ4n) is 3.81. The Balaban J connectivity index is 1.58. The predicted molar refractivity (Wildman–Crippen MR) is 98.1 cm³/mol. The number of alkyl halides is 3. The van der Waals surface area contributed by atoms with E-state index in [1.165, 1.54) is 36.2 Å². The van der Waals surface area contributed by atoms with Gasteiger partial charge in [-0.1, -0.05) is 29.3 Å². The summed E-state index contributed by atoms with van der Waals surface area (Å²) in [5, 5.41) is 0.347. The number of imide groups is 1. The first-order valence-corrected chi connectivity index (χ1v) is 9.22. The Labute approximate surface area is 173 Å². The van der Waals surface area contributed by atoms with E-state index >= 15 is 0 Å². The summed E-state index contributed by atoms with van der Waals surface area (Å²) in [5.41, 5.74) is -0.405. The van der Waals surface area contributed by atoms with Crippen molar-refractivity contribution in [3.05, 3.63) is 70.8 Å². The molecule has 0 spiro atoms. The first-order valence-electron chi connectivity index (χ1n) is 9.22. The average Bonchev–Trinajstić information content (AvgIpc) is 3.16. The number of rotatable bonds is 3. The van der Waals surface area contributed by atoms with Gasteiger partial charge in [-0.15, -0.1) is 0 Å². The molecule has 2 heterocycles. The topological polar surface area (TPSA) is 84.0 Å². The highest BCUT2D eigenvalue weighted by Crippen LogP contribution is 2.39. The number of amides is 3. The Morgan fingerprint density at radius 1 is 0.968 bits per heavy atom. The van der Waals surface area contributed by atoms with Crippen molar-refractivity contribution < 1.29 is 37.2 Å². The molecule has 0 radical (unpaired) electrons. The predicted octanol–water partition coefficient (Wildman–Crippen LogP) is 2.98. The molecule has 3 amide bonds. The lowest BCUT2D eigenvalue weighted by Crippen LogP contribution is -2.36. The zero-order chi connectivity index (χ0) is 22.5. The molecular formula is C21H15F3N2O5. The molecule has 7 nitrogen and oxygen atoms in total. The number of nitrogens with zero attached hydrogens (tertiary/aromatic N) is 2. The number of benzene rings is 2. The number of hydrogen-bond acceptors (Lipinski definition) is 5. The molecule has 1 saturated heterocycles. The van der Waals surface area contributed by atoms with Crippen LogP contribution in [-0.2, 0) is 20.6 Å². The van der Waals surface area contributed by atoms with Gasteiger partial charge >= 0.3 is 12.1 Å². The van der Waals surface area contributed by atoms with Crippen LogP contribution in [0.5, 0.6) is 0 Å². The van der Waals surface area contributed by atoms with E-state index in [9.17, 15) is 32.3 Å². The fourth-order valence-corrected chi connectivity index (χ4v) is 3.81. The lowest BCUT2D eigenvalue weighted by molar-refractivity contribution is -0.174. The van der Waals surface area contributed by atoms with E-state index in [1.807, 2.05) is 0 Å². The van der Waals surface area contributed by atoms with Gasteiger partial charge in [0.1, 0.15) is 0 Å². The quantitative estimate of drug-likeness (QED) is 0.697. The van der Waals surface area contributed by atoms with Gasteiger partial charge in [-0.2, -0.15) is 13.2 Å². The molecule has 2 aliphatic heterocycles. The van der Waals surface area contributed by atoms with Crippen molar-refractivity contribution in [2.45, 2.75) is 18.6 Å². The fraction of sp³-hybridized carbons (Fsp3) is 0.238. The summed E-state index contributed by atoms with van der Waals surface area (Å²) in [6, 6.07) is 9.13. The number of carbonyl (C=O) groups is 4. The molecule has 2 aromatic rings. The number of hydrogen-bond donors (Lipinski definition) is 0. The van der Waals surface area contributed by atoms with Crippen molar-refractivity contribution in [1.29, 1.82) is 0 Å². The molecule has 31 heavy (non-hydrogen) atoms. The highest BCUT2D eigenvalue weighted by Gasteiger charge is 2.47. The van der Waals surface area contributed by atoms with Crippen LogP contribution in [0.4, 0.5) is 13.2 Å². The minimum atomic E-state index is -4.53. The molecule has 2 atom stereocenters. The third kappa shape index (κ3) is 3.43. The summed E-state index contributed by atoms with van der Waals surface area (Å²) in [6.45, 7) is 0. The van der Waals surface area contributed by atoms with Crippen molar-refractivity contribution >= 4 is 23.7 Å². The molecule has 0 saturated carbocycles. The van der Waals surface area contributed by atoms with E-state index in [-0.39, 0.29) is 17.5 Å². The molecule has 2 aliphatic rings. The molecule has 160 valence electrons. The third-order valence-corrected chi connectivity index (χ3v) is 5.41. The molecule has 10 heteroatoms. The van der Waals surface area contributed by atoms with Crippen LogP contribution in [-0.4, -0.2) is 40.7 Å². The zero-order valence-corrected chi connectivity index (χ0v) is 16.1. The summed E-state index contributed by atoms with van der Waals surface area (Å²) in [5.74, 6) is -4.15. The van der Waals surface area contributed by atoms with Crippen molar-refractivity contribution in [2.75, 3.05) is 7.05 Å². The summed E-state index contributed by atoms with van der Waals surface area (Å²) in [4.78, 5) is 56.2. The van der Waals surface area contributed by atoms with E-state index in [0.29, 0.717) is 10.6 Å². The summed E-state index contributed by atoms with van der Waals surface area (Å²) >= 11 is 0. The first kappa shape index (κ1) is 20.6. The van der Waals surface area contributed by atoms with Gasteiger partial charge in [-0.05, 0) is 29.8 Å². The number of fused-ring (bicyclic) bond motifs is 1. The molecule has 4 rings (SSSR count). The second-order valence-corrected chi connectivity index (χ2v) is 7.24. The highest BCUT2D eigenvalue weighted by molar-refractivity contribution is 6.20. The van der Waals surface area contributed by atoms with Crippen molar-refractivity contribution in [2.24, 2.45) is 5.92 Å². The van der Waals surface area contributed by atoms with Crippen LogP contribution in [0.1, 0.15) is 44.3 Å². The van der Waals surface area contributed by atoms with E-state index in [2.05, 4.69) is 0 Å². The zero-order valence-electron chi connectivity index (χ0n) is 16.1. The van der Waals surface area contributed by atoms with E-state index in [1.54, 1.807) is 12.1 Å². The van der Waals surface area contributed by atoms with Crippen LogP contribution < -0.4 is 0 Å². The Hall–Kier alpha value is -3.69. The van der Waals surface area contributed by atoms with E-state index < -0.39 is 47.4 Å². The van der Waals surface area contributed by atoms with Gasteiger partial charge < -0.3 is 9.74 Å². The highest BCUT2D eigenvalue weighted by atomic mass is 19.4. The van der Waals surface area contributed by atoms with Gasteiger partial charge in [0.25, 0.3) is 11.8 Å². The van der Waals surface area contributed by atoms with Crippen molar-refractivity contribution in [1.82, 2.24) is 9.96 Å². The Morgan fingerprint density at radius 2 is 1.52 bits per heavy atom. The van der Waals surface area contributed by atoms with Gasteiger partial charge in [-0.25, -0.2) is 4.79 Å². The smallest absolute Gasteiger partial charge is 0.338 e. The van der Waals surface area contributed by atoms with Crippen LogP contribution in [0.2, 0.25) is 0 Å². The number of carbonyl (C=O) groups excluding carboxylic acids is 4. The Kier molecular flexibility index (Phi) is 4.79. The molecule has 0 bridgehead atoms. The standard InChI is InChI=1S/C21H15F3N2O5/c1-25-16(27)10-15(17(25)11-6-8-12(9-7-11)21(22,23)24)20(30)31-26-18(28)13-4-2-3-5-14(13)19(26)29/h2-9,15,17H,10H2,1H3/t15-,17+/m0/s1. The van der Waals surface area contributed by atoms with Crippen LogP contribution >= 0.6 is 0 Å². The van der Waals surface area contributed by atoms with Crippen LogP contribution in [0.25, 0.3) is 0 Å². The summed E-state index contributed by atoms with van der Waals surface area (Å²) in [7, 11) is 1.42. The summed E-state index contributed by atoms with van der Waals surface area (Å²) < 4.78 is 38.5. The van der Waals surface area contributed by atoms with Gasteiger partial charge in [0, 0.05) is 13.5 Å². The van der Waals surface area contributed by atoms with Gasteiger partial charge in [-0.3, -0.25) is 14.4 Å². The van der Waals surface area contributed by atoms with Crippen molar-refractivity contribution in [3.8, 4) is 0 Å². The van der Waals surface area contributed by atoms with Gasteiger partial charge in [0.15, 0.2) is 0 Å². The monoisotopic (exact) mass is 432 g/mol. The van der Waals surface area contributed by atoms with Gasteiger partial charge in [0.05, 0.1) is 28.7 Å². The summed E-state index contributed by atoms with van der Waals surface area (Å²) in [6.07, 6.45) is -4.80. The molecule has 0 N–H and O–H groups in total. The normalized spacial score (nSPS) is 21.0. The maximum Gasteiger partial charge on any atom is 0.416 e. The minimum absolute atomic E-state index is 0.0826. The first-order chi connectivity index (χ1) is 14.6. The van der Waals surface area contributed by atoms with E-state index in [4.69, 9.17) is 4.84 Å². The average molecular weight is 432 g/mol. The lowest BCUT2D eigenvalue weighted by Gasteiger charge is -2.25. The number of halogens is 3. The van der Waals surface area contributed by atoms with Gasteiger partial charge in [0.2, 0.25) is 5.91 Å². The second-order valence-electron chi connectivity index (χ2n) is 7.24. The minimum Gasteiger partial charge on any atom is -0.338 e. The van der Waals surface area contributed by atoms with E-state index in [0.717, 1.165) is 12.1 Å². The SMILES string of the molecule is CN1C(=O)C[C@H](C(=O)ON2C(=O)c3ccccc3C2=O)[C@H]1c1ccc(C(F)(F)F)cc1. The number of likely N-dealkylation sites (tertiary alicyclic amines) is 1. The maximum atomic E-state index is 12.8. The van der Waals surface area contributed by atoms with Crippen LogP contribution in [0.3, 0.4) is 0 Å². The molecule has 2 aromatic carbocycles. The largest absolute Gasteiger partial charge is 0.416 e. The van der Waals surface area contributed by atoms with Crippen LogP contribution in [0.15, 0.2) is 48.5 Å². The third-order valence-electron chi connectivity index (χ3n) is 5.41. The Morgan fingerprint density at radius 3 is 2.03 bits per heavy atom. The lowest BCUT2D eigenvalue weighted by atomic mass is 9.93. The molecule has 1 fully saturated rings. The number of hydroxylamine groups is 2. The molecule has 0 aliphatic carbocycles. The Bertz CT molecular complexity index is 1060. The second kappa shape index (κ2) is 7.22.